The van der Waals surface area contributed by atoms with Crippen LogP contribution < -0.4 is 10.6 Å². The van der Waals surface area contributed by atoms with Gasteiger partial charge in [0.2, 0.25) is 0 Å². The van der Waals surface area contributed by atoms with Crippen molar-refractivity contribution < 1.29 is 0 Å². The van der Waals surface area contributed by atoms with Crippen LogP contribution in [0.4, 0.5) is 0 Å². The molecular weight excluding hydrogens is 259 g/mol. The highest BCUT2D eigenvalue weighted by molar-refractivity contribution is 7.77. The molecule has 2 aromatic carbocycles. The second kappa shape index (κ2) is 6.03. The van der Waals surface area contributed by atoms with Crippen LogP contribution in [0, 0.1) is 5.92 Å². The Morgan fingerprint density at radius 2 is 1.40 bits per heavy atom. The number of rotatable bonds is 4. The molecule has 98 valence electrons. The van der Waals surface area contributed by atoms with Crippen LogP contribution in [0.3, 0.4) is 0 Å². The summed E-state index contributed by atoms with van der Waals surface area (Å²) in [6.45, 7) is 3.89. The average molecular weight is 276 g/mol. The summed E-state index contributed by atoms with van der Waals surface area (Å²) in [5.41, 5.74) is 0. The van der Waals surface area contributed by atoms with Crippen molar-refractivity contribution in [3.63, 3.8) is 0 Å². The fourth-order valence-electron chi connectivity index (χ4n) is 2.42. The standard InChI is InChI=1S/C19H17P/c1-2-16-13-14-19(15-16)20(17-9-5-3-6-10-17)18-11-7-4-8-12-18/h2-16H,1H2. The summed E-state index contributed by atoms with van der Waals surface area (Å²) in [7, 11) is -0.458. The molecule has 2 aromatic rings. The second-order valence-electron chi connectivity index (χ2n) is 4.77. The van der Waals surface area contributed by atoms with Gasteiger partial charge in [-0.3, -0.25) is 0 Å². The predicted octanol–water partition coefficient (Wildman–Crippen LogP) is 4.38. The van der Waals surface area contributed by atoms with E-state index in [1.165, 1.54) is 15.9 Å². The maximum atomic E-state index is 3.89. The van der Waals surface area contributed by atoms with E-state index in [1.54, 1.807) is 0 Å². The smallest absolute Gasteiger partial charge is 0.0137 e. The monoisotopic (exact) mass is 276 g/mol. The molecule has 0 fully saturated rings. The number of benzene rings is 2. The van der Waals surface area contributed by atoms with Gasteiger partial charge < -0.3 is 0 Å². The van der Waals surface area contributed by atoms with Gasteiger partial charge in [-0.2, -0.15) is 0 Å². The van der Waals surface area contributed by atoms with Crippen LogP contribution in [0.5, 0.6) is 0 Å². The normalized spacial score (nSPS) is 17.2. The van der Waals surface area contributed by atoms with Gasteiger partial charge in [-0.15, -0.1) is 6.58 Å². The molecule has 0 radical (unpaired) electrons. The Morgan fingerprint density at radius 1 is 0.850 bits per heavy atom. The largest absolute Gasteiger partial charge is 0.102 e. The zero-order chi connectivity index (χ0) is 13.8. The first kappa shape index (κ1) is 13.1. The van der Waals surface area contributed by atoms with Crippen LogP contribution in [0.1, 0.15) is 0 Å². The molecule has 0 spiro atoms. The molecule has 0 nitrogen and oxygen atoms in total. The van der Waals surface area contributed by atoms with E-state index in [-0.39, 0.29) is 0 Å². The maximum absolute atomic E-state index is 3.89. The highest BCUT2D eigenvalue weighted by Gasteiger charge is 2.19. The third-order valence-corrected chi connectivity index (χ3v) is 5.86. The molecule has 1 aliphatic carbocycles. The summed E-state index contributed by atoms with van der Waals surface area (Å²) in [4.78, 5) is 0. The first-order valence-electron chi connectivity index (χ1n) is 6.81. The van der Waals surface area contributed by atoms with Gasteiger partial charge >= 0.3 is 0 Å². The summed E-state index contributed by atoms with van der Waals surface area (Å²) in [6, 6.07) is 21.6. The van der Waals surface area contributed by atoms with Gasteiger partial charge in [0.15, 0.2) is 0 Å². The third-order valence-electron chi connectivity index (χ3n) is 3.41. The van der Waals surface area contributed by atoms with Crippen molar-refractivity contribution in [2.45, 2.75) is 0 Å². The van der Waals surface area contributed by atoms with E-state index in [9.17, 15) is 0 Å². The van der Waals surface area contributed by atoms with Gasteiger partial charge in [0, 0.05) is 5.92 Å². The Labute approximate surface area is 121 Å². The topological polar surface area (TPSA) is 0 Å². The van der Waals surface area contributed by atoms with Gasteiger partial charge in [0.25, 0.3) is 0 Å². The highest BCUT2D eigenvalue weighted by atomic mass is 31.1. The molecule has 0 amide bonds. The Kier molecular flexibility index (Phi) is 3.95. The predicted molar refractivity (Wildman–Crippen MR) is 90.0 cm³/mol. The summed E-state index contributed by atoms with van der Waals surface area (Å²) in [5, 5.41) is 4.21. The summed E-state index contributed by atoms with van der Waals surface area (Å²) in [5.74, 6) is 0.377. The van der Waals surface area contributed by atoms with E-state index >= 15 is 0 Å². The van der Waals surface area contributed by atoms with Crippen LogP contribution in [0.25, 0.3) is 0 Å². The van der Waals surface area contributed by atoms with Gasteiger partial charge in [-0.05, 0) is 23.8 Å². The Morgan fingerprint density at radius 3 is 1.85 bits per heavy atom. The average Bonchev–Trinajstić information content (AvgIpc) is 2.98. The molecule has 1 atom stereocenters. The molecule has 0 aliphatic heterocycles. The zero-order valence-corrected chi connectivity index (χ0v) is 12.2. The fourth-order valence-corrected chi connectivity index (χ4v) is 4.81. The SMILES string of the molecule is C=CC1C=CC(P(c2ccccc2)c2ccccc2)=C1. The van der Waals surface area contributed by atoms with Crippen LogP contribution in [-0.4, -0.2) is 0 Å². The molecule has 0 saturated carbocycles. The molecule has 0 N–H and O–H groups in total. The van der Waals surface area contributed by atoms with E-state index in [1.807, 2.05) is 6.08 Å². The van der Waals surface area contributed by atoms with Crippen LogP contribution in [0.15, 0.2) is 96.9 Å². The molecule has 1 aliphatic rings. The number of hydrogen-bond acceptors (Lipinski definition) is 0. The minimum absolute atomic E-state index is 0.377. The second-order valence-corrected chi connectivity index (χ2v) is 6.99. The first-order chi connectivity index (χ1) is 9.88. The van der Waals surface area contributed by atoms with Gasteiger partial charge in [-0.1, -0.05) is 85.0 Å². The van der Waals surface area contributed by atoms with Crippen molar-refractivity contribution in [1.29, 1.82) is 0 Å². The molecule has 0 saturated heterocycles. The lowest BCUT2D eigenvalue weighted by molar-refractivity contribution is 1.10. The first-order valence-corrected chi connectivity index (χ1v) is 8.15. The molecule has 0 aromatic heterocycles. The van der Waals surface area contributed by atoms with Gasteiger partial charge in [-0.25, -0.2) is 0 Å². The van der Waals surface area contributed by atoms with Crippen molar-refractivity contribution in [2.75, 3.05) is 0 Å². The summed E-state index contributed by atoms with van der Waals surface area (Å²) >= 11 is 0. The minimum Gasteiger partial charge on any atom is -0.102 e. The van der Waals surface area contributed by atoms with Gasteiger partial charge in [0.1, 0.15) is 0 Å². The molecule has 20 heavy (non-hydrogen) atoms. The lowest BCUT2D eigenvalue weighted by Gasteiger charge is -2.19. The van der Waals surface area contributed by atoms with E-state index < -0.39 is 7.92 Å². The number of allylic oxidation sites excluding steroid dienone is 5. The molecular formula is C19H17P. The Balaban J connectivity index is 2.06. The Bertz CT molecular complexity index is 598. The zero-order valence-electron chi connectivity index (χ0n) is 11.3. The highest BCUT2D eigenvalue weighted by Crippen LogP contribution is 2.46. The quantitative estimate of drug-likeness (QED) is 0.574. The van der Waals surface area contributed by atoms with Gasteiger partial charge in [0.05, 0.1) is 0 Å². The number of hydrogen-bond donors (Lipinski definition) is 0. The van der Waals surface area contributed by atoms with Crippen molar-refractivity contribution in [2.24, 2.45) is 5.92 Å². The molecule has 1 heteroatoms. The van der Waals surface area contributed by atoms with Crippen molar-refractivity contribution >= 4 is 18.5 Å². The third kappa shape index (κ3) is 2.66. The maximum Gasteiger partial charge on any atom is 0.0137 e. The van der Waals surface area contributed by atoms with E-state index in [2.05, 4.69) is 85.5 Å². The van der Waals surface area contributed by atoms with E-state index in [0.29, 0.717) is 5.92 Å². The Hall–Kier alpha value is -1.91. The fraction of sp³-hybridized carbons (Fsp3) is 0.0526. The summed E-state index contributed by atoms with van der Waals surface area (Å²) in [6.07, 6.45) is 8.81. The van der Waals surface area contributed by atoms with Crippen molar-refractivity contribution in [1.82, 2.24) is 0 Å². The van der Waals surface area contributed by atoms with Crippen LogP contribution >= 0.6 is 7.92 Å². The minimum atomic E-state index is -0.458. The van der Waals surface area contributed by atoms with E-state index in [0.717, 1.165) is 0 Å². The van der Waals surface area contributed by atoms with Crippen LogP contribution in [-0.2, 0) is 0 Å². The van der Waals surface area contributed by atoms with E-state index in [4.69, 9.17) is 0 Å². The molecule has 3 rings (SSSR count). The van der Waals surface area contributed by atoms with Crippen molar-refractivity contribution in [3.8, 4) is 0 Å². The lowest BCUT2D eigenvalue weighted by atomic mass is 10.2. The lowest BCUT2D eigenvalue weighted by Crippen LogP contribution is -2.11. The molecule has 0 heterocycles. The van der Waals surface area contributed by atoms with Crippen LogP contribution in [0.2, 0.25) is 0 Å². The molecule has 0 bridgehead atoms. The van der Waals surface area contributed by atoms with Crippen molar-refractivity contribution in [3.05, 3.63) is 96.9 Å². The summed E-state index contributed by atoms with van der Waals surface area (Å²) < 4.78 is 0. The molecule has 1 unspecified atom stereocenters.